The molecule has 21 heavy (non-hydrogen) atoms. The lowest BCUT2D eigenvalue weighted by molar-refractivity contribution is 0.00578. The van der Waals surface area contributed by atoms with Crippen LogP contribution in [0.1, 0.15) is 33.3 Å². The molecule has 0 bridgehead atoms. The second-order valence-corrected chi connectivity index (χ2v) is 12.9. The summed E-state index contributed by atoms with van der Waals surface area (Å²) in [5.74, 6) is 2.01. The van der Waals surface area contributed by atoms with Gasteiger partial charge in [0.2, 0.25) is 0 Å². The van der Waals surface area contributed by atoms with Crippen molar-refractivity contribution < 1.29 is 9.31 Å². The van der Waals surface area contributed by atoms with Gasteiger partial charge in [-0.1, -0.05) is 61.1 Å². The molecule has 0 saturated carbocycles. The van der Waals surface area contributed by atoms with Crippen LogP contribution in [0, 0.1) is 0 Å². The van der Waals surface area contributed by atoms with Gasteiger partial charge in [-0.3, -0.25) is 0 Å². The maximum atomic E-state index is 5.98. The van der Waals surface area contributed by atoms with Crippen LogP contribution in [0.5, 0.6) is 0 Å². The summed E-state index contributed by atoms with van der Waals surface area (Å²) in [4.78, 5) is 0. The molecule has 1 aliphatic rings. The molecule has 0 atom stereocenters. The molecule has 0 aromatic heterocycles. The van der Waals surface area contributed by atoms with Crippen LogP contribution in [0.15, 0.2) is 30.2 Å². The fraction of sp³-hybridized carbons (Fsp3) is 0.529. The highest BCUT2D eigenvalue weighted by Gasteiger charge is 2.49. The normalized spacial score (nSPS) is 21.2. The quantitative estimate of drug-likeness (QED) is 0.789. The summed E-state index contributed by atoms with van der Waals surface area (Å²) >= 11 is 0. The molecule has 1 fully saturated rings. The van der Waals surface area contributed by atoms with Crippen molar-refractivity contribution >= 4 is 26.5 Å². The van der Waals surface area contributed by atoms with Crippen molar-refractivity contribution in [2.45, 2.75) is 58.5 Å². The lowest BCUT2D eigenvalue weighted by Crippen LogP contribution is -2.41. The molecule has 0 spiro atoms. The number of hydrogen-bond donors (Lipinski definition) is 0. The van der Waals surface area contributed by atoms with Gasteiger partial charge in [0.25, 0.3) is 0 Å². The van der Waals surface area contributed by atoms with E-state index in [2.05, 4.69) is 77.7 Å². The Labute approximate surface area is 130 Å². The third kappa shape index (κ3) is 3.68. The molecule has 0 aliphatic carbocycles. The molecule has 2 nitrogen and oxygen atoms in total. The first-order valence-corrected chi connectivity index (χ1v) is 11.2. The molecule has 1 heterocycles. The van der Waals surface area contributed by atoms with Crippen molar-refractivity contribution in [2.75, 3.05) is 0 Å². The second-order valence-electron chi connectivity index (χ2n) is 7.86. The number of benzene rings is 1. The summed E-state index contributed by atoms with van der Waals surface area (Å²) in [7, 11) is -1.54. The van der Waals surface area contributed by atoms with E-state index in [1.54, 1.807) is 0 Å². The Kier molecular flexibility index (Phi) is 4.26. The molecule has 114 valence electrons. The van der Waals surface area contributed by atoms with Crippen LogP contribution in [0.3, 0.4) is 0 Å². The SMILES string of the molecule is CC1(C)OB(/C=C\c2cccc([Si](C)(C)C)c2)OC1(C)C. The third-order valence-electron chi connectivity index (χ3n) is 4.47. The lowest BCUT2D eigenvalue weighted by Gasteiger charge is -2.32. The first-order chi connectivity index (χ1) is 9.51. The fourth-order valence-corrected chi connectivity index (χ4v) is 3.46. The average Bonchev–Trinajstić information content (AvgIpc) is 2.55. The van der Waals surface area contributed by atoms with Crippen molar-refractivity contribution in [3.8, 4) is 0 Å². The Bertz CT molecular complexity index is 528. The third-order valence-corrected chi connectivity index (χ3v) is 6.51. The molecule has 0 unspecified atom stereocenters. The van der Waals surface area contributed by atoms with Crippen LogP contribution in [0.4, 0.5) is 0 Å². The van der Waals surface area contributed by atoms with Crippen LogP contribution in [0.25, 0.3) is 6.08 Å². The highest BCUT2D eigenvalue weighted by molar-refractivity contribution is 6.88. The van der Waals surface area contributed by atoms with Crippen LogP contribution in [-0.2, 0) is 9.31 Å². The molecule has 1 saturated heterocycles. The van der Waals surface area contributed by atoms with E-state index >= 15 is 0 Å². The summed E-state index contributed by atoms with van der Waals surface area (Å²) in [5.41, 5.74) is 0.661. The smallest absolute Gasteiger partial charge is 0.400 e. The van der Waals surface area contributed by atoms with E-state index in [9.17, 15) is 0 Å². The molecule has 0 radical (unpaired) electrons. The van der Waals surface area contributed by atoms with Gasteiger partial charge in [-0.05, 0) is 33.3 Å². The van der Waals surface area contributed by atoms with E-state index in [1.807, 2.05) is 5.98 Å². The Morgan fingerprint density at radius 2 is 1.57 bits per heavy atom. The second kappa shape index (κ2) is 5.42. The summed E-state index contributed by atoms with van der Waals surface area (Å²) in [6, 6.07) is 8.79. The maximum Gasteiger partial charge on any atom is 0.487 e. The van der Waals surface area contributed by atoms with Crippen LogP contribution in [0.2, 0.25) is 19.6 Å². The molecule has 0 amide bonds. The van der Waals surface area contributed by atoms with Gasteiger partial charge in [0, 0.05) is 0 Å². The standard InChI is InChI=1S/C17H27BO2Si/c1-16(2)17(3,4)20-18(19-16)12-11-14-9-8-10-15(13-14)21(5,6)7/h8-13H,1-7H3/b12-11-. The number of rotatable bonds is 3. The Balaban J connectivity index is 2.13. The van der Waals surface area contributed by atoms with E-state index in [4.69, 9.17) is 9.31 Å². The first kappa shape index (κ1) is 16.5. The molecular weight excluding hydrogens is 275 g/mol. The van der Waals surface area contributed by atoms with Gasteiger partial charge < -0.3 is 9.31 Å². The Hall–Kier alpha value is -0.838. The highest BCUT2D eigenvalue weighted by atomic mass is 28.3. The van der Waals surface area contributed by atoms with E-state index in [0.29, 0.717) is 0 Å². The zero-order valence-corrected chi connectivity index (χ0v) is 15.4. The van der Waals surface area contributed by atoms with Gasteiger partial charge in [-0.25, -0.2) is 0 Å². The lowest BCUT2D eigenvalue weighted by atomic mass is 9.89. The molecular formula is C17H27BO2Si. The van der Waals surface area contributed by atoms with E-state index in [0.717, 1.165) is 0 Å². The topological polar surface area (TPSA) is 18.5 Å². The monoisotopic (exact) mass is 302 g/mol. The number of hydrogen-bond acceptors (Lipinski definition) is 2. The van der Waals surface area contributed by atoms with Crippen molar-refractivity contribution in [3.05, 3.63) is 35.8 Å². The van der Waals surface area contributed by atoms with Gasteiger partial charge >= 0.3 is 7.12 Å². The van der Waals surface area contributed by atoms with E-state index < -0.39 is 8.07 Å². The van der Waals surface area contributed by atoms with Crippen LogP contribution >= 0.6 is 0 Å². The van der Waals surface area contributed by atoms with Crippen molar-refractivity contribution in [2.24, 2.45) is 0 Å². The average molecular weight is 302 g/mol. The molecule has 0 N–H and O–H groups in total. The van der Waals surface area contributed by atoms with Gasteiger partial charge in [-0.15, -0.1) is 0 Å². The Morgan fingerprint density at radius 3 is 2.10 bits per heavy atom. The molecule has 1 aromatic rings. The summed E-state index contributed by atoms with van der Waals surface area (Å²) in [6.07, 6.45) is 2.10. The minimum atomic E-state index is -1.27. The zero-order valence-electron chi connectivity index (χ0n) is 14.4. The summed E-state index contributed by atoms with van der Waals surface area (Å²) in [5, 5.41) is 1.47. The van der Waals surface area contributed by atoms with Crippen LogP contribution in [-0.4, -0.2) is 26.4 Å². The fourth-order valence-electron chi connectivity index (χ4n) is 2.27. The van der Waals surface area contributed by atoms with Crippen molar-refractivity contribution in [1.29, 1.82) is 0 Å². The van der Waals surface area contributed by atoms with Gasteiger partial charge in [-0.2, -0.15) is 0 Å². The maximum absolute atomic E-state index is 5.98. The largest absolute Gasteiger partial charge is 0.487 e. The zero-order chi connectivity index (χ0) is 15.9. The molecule has 1 aromatic carbocycles. The predicted octanol–water partition coefficient (Wildman–Crippen LogP) is 3.88. The minimum Gasteiger partial charge on any atom is -0.400 e. The molecule has 1 aliphatic heterocycles. The van der Waals surface area contributed by atoms with Gasteiger partial charge in [0.15, 0.2) is 0 Å². The van der Waals surface area contributed by atoms with Crippen LogP contribution < -0.4 is 5.19 Å². The van der Waals surface area contributed by atoms with E-state index in [1.165, 1.54) is 10.8 Å². The molecule has 2 rings (SSSR count). The van der Waals surface area contributed by atoms with Gasteiger partial charge in [0.1, 0.15) is 0 Å². The minimum absolute atomic E-state index is 0.273. The Morgan fingerprint density at radius 1 is 1.00 bits per heavy atom. The predicted molar refractivity (Wildman–Crippen MR) is 94.5 cm³/mol. The van der Waals surface area contributed by atoms with Gasteiger partial charge in [0.05, 0.1) is 19.3 Å². The highest BCUT2D eigenvalue weighted by Crippen LogP contribution is 2.36. The van der Waals surface area contributed by atoms with Crippen molar-refractivity contribution in [3.63, 3.8) is 0 Å². The molecule has 4 heteroatoms. The van der Waals surface area contributed by atoms with Crippen molar-refractivity contribution in [1.82, 2.24) is 0 Å². The van der Waals surface area contributed by atoms with E-state index in [-0.39, 0.29) is 18.3 Å². The first-order valence-electron chi connectivity index (χ1n) is 7.66. The summed E-state index contributed by atoms with van der Waals surface area (Å²) < 4.78 is 12.0. The summed E-state index contributed by atoms with van der Waals surface area (Å²) in [6.45, 7) is 15.4.